The predicted octanol–water partition coefficient (Wildman–Crippen LogP) is 2.88. The normalized spacial score (nSPS) is 10.9. The summed E-state index contributed by atoms with van der Waals surface area (Å²) in [5, 5.41) is 11.2. The van der Waals surface area contributed by atoms with Crippen molar-refractivity contribution < 1.29 is 13.9 Å². The Morgan fingerprint density at radius 3 is 2.80 bits per heavy atom. The molecule has 0 spiro atoms. The number of furan rings is 1. The van der Waals surface area contributed by atoms with Crippen molar-refractivity contribution in [1.29, 1.82) is 0 Å². The Morgan fingerprint density at radius 2 is 2.03 bits per heavy atom. The molecule has 0 aliphatic rings. The summed E-state index contributed by atoms with van der Waals surface area (Å²) in [5.41, 5.74) is 2.47. The van der Waals surface area contributed by atoms with Gasteiger partial charge in [-0.25, -0.2) is 14.6 Å². The number of anilines is 1. The van der Waals surface area contributed by atoms with Crippen molar-refractivity contribution in [2.24, 2.45) is 0 Å². The third-order valence-corrected chi connectivity index (χ3v) is 4.55. The number of fused-ring (bicyclic) bond motifs is 1. The minimum Gasteiger partial charge on any atom is -0.493 e. The summed E-state index contributed by atoms with van der Waals surface area (Å²) >= 11 is 0. The largest absolute Gasteiger partial charge is 0.493 e. The highest BCUT2D eigenvalue weighted by molar-refractivity contribution is 5.97. The van der Waals surface area contributed by atoms with Crippen LogP contribution in [0.5, 0.6) is 5.75 Å². The molecular weight excluding hydrogens is 384 g/mol. The van der Waals surface area contributed by atoms with Crippen LogP contribution in [0.15, 0.2) is 47.1 Å². The van der Waals surface area contributed by atoms with Crippen molar-refractivity contribution in [1.82, 2.24) is 25.1 Å². The van der Waals surface area contributed by atoms with Gasteiger partial charge in [0.15, 0.2) is 22.9 Å². The molecule has 0 fully saturated rings. The van der Waals surface area contributed by atoms with Crippen LogP contribution in [0.2, 0.25) is 0 Å². The number of rotatable bonds is 7. The number of nitrogens with zero attached hydrogens (tertiary/aromatic N) is 4. The van der Waals surface area contributed by atoms with E-state index in [1.54, 1.807) is 23.9 Å². The fourth-order valence-electron chi connectivity index (χ4n) is 3.18. The van der Waals surface area contributed by atoms with Gasteiger partial charge in [0.2, 0.25) is 0 Å². The number of para-hydroxylation sites is 1. The topological polar surface area (TPSA) is 107 Å². The first-order chi connectivity index (χ1) is 14.5. The van der Waals surface area contributed by atoms with Gasteiger partial charge in [-0.15, -0.1) is 0 Å². The summed E-state index contributed by atoms with van der Waals surface area (Å²) in [5.74, 6) is 1.87. The highest BCUT2D eigenvalue weighted by Crippen LogP contribution is 2.28. The molecular formula is C21H22N6O3. The van der Waals surface area contributed by atoms with Gasteiger partial charge in [0.25, 0.3) is 5.91 Å². The molecule has 9 nitrogen and oxygen atoms in total. The highest BCUT2D eigenvalue weighted by Gasteiger charge is 2.14. The number of aryl methyl sites for hydroxylation is 2. The molecule has 0 radical (unpaired) electrons. The fraction of sp³-hybridized carbons (Fsp3) is 0.238. The minimum absolute atomic E-state index is 0.239. The highest BCUT2D eigenvalue weighted by atomic mass is 16.5. The molecule has 0 aliphatic heterocycles. The SMILES string of the molecule is COc1cccc2cc(C(=O)NCCNc3cc(-n4nc(C)cc4C)ncn3)oc12. The Balaban J connectivity index is 1.35. The van der Waals surface area contributed by atoms with E-state index in [9.17, 15) is 4.79 Å². The van der Waals surface area contributed by atoms with Crippen molar-refractivity contribution in [2.75, 3.05) is 25.5 Å². The van der Waals surface area contributed by atoms with E-state index in [1.807, 2.05) is 38.1 Å². The second-order valence-electron chi connectivity index (χ2n) is 6.77. The zero-order valence-corrected chi connectivity index (χ0v) is 17.0. The summed E-state index contributed by atoms with van der Waals surface area (Å²) in [6, 6.07) is 11.0. The van der Waals surface area contributed by atoms with Gasteiger partial charge in [-0.1, -0.05) is 12.1 Å². The monoisotopic (exact) mass is 406 g/mol. The van der Waals surface area contributed by atoms with Crippen LogP contribution in [-0.2, 0) is 0 Å². The standard InChI is InChI=1S/C21H22N6O3/c1-13-9-14(2)27(26-13)19-11-18(24-12-25-19)22-7-8-23-21(28)17-10-15-5-4-6-16(29-3)20(15)30-17/h4-6,9-12H,7-8H2,1-3H3,(H,23,28)(H,22,24,25). The average molecular weight is 406 g/mol. The lowest BCUT2D eigenvalue weighted by Gasteiger charge is -2.08. The second-order valence-corrected chi connectivity index (χ2v) is 6.77. The Bertz CT molecular complexity index is 1200. The predicted molar refractivity (Wildman–Crippen MR) is 112 cm³/mol. The van der Waals surface area contributed by atoms with Crippen LogP contribution >= 0.6 is 0 Å². The quantitative estimate of drug-likeness (QED) is 0.455. The molecule has 2 N–H and O–H groups in total. The molecule has 4 rings (SSSR count). The molecule has 0 unspecified atom stereocenters. The number of carbonyl (C=O) groups is 1. The smallest absolute Gasteiger partial charge is 0.287 e. The third-order valence-electron chi connectivity index (χ3n) is 4.55. The molecule has 0 aliphatic carbocycles. The number of methoxy groups -OCH3 is 1. The molecule has 9 heteroatoms. The van der Waals surface area contributed by atoms with E-state index in [4.69, 9.17) is 9.15 Å². The van der Waals surface area contributed by atoms with Gasteiger partial charge in [0, 0.05) is 30.2 Å². The lowest BCUT2D eigenvalue weighted by Crippen LogP contribution is -2.28. The zero-order valence-electron chi connectivity index (χ0n) is 17.0. The summed E-state index contributed by atoms with van der Waals surface area (Å²) < 4.78 is 12.7. The first kappa shape index (κ1) is 19.4. The lowest BCUT2D eigenvalue weighted by atomic mass is 10.2. The van der Waals surface area contributed by atoms with Gasteiger partial charge >= 0.3 is 0 Å². The van der Waals surface area contributed by atoms with Gasteiger partial charge in [0.1, 0.15) is 12.1 Å². The van der Waals surface area contributed by atoms with Crippen molar-refractivity contribution in [2.45, 2.75) is 13.8 Å². The van der Waals surface area contributed by atoms with Crippen molar-refractivity contribution in [3.05, 3.63) is 59.9 Å². The van der Waals surface area contributed by atoms with E-state index in [-0.39, 0.29) is 11.7 Å². The van der Waals surface area contributed by atoms with Crippen LogP contribution in [0.25, 0.3) is 16.8 Å². The van der Waals surface area contributed by atoms with Gasteiger partial charge in [-0.05, 0) is 32.0 Å². The molecule has 3 heterocycles. The van der Waals surface area contributed by atoms with Crippen molar-refractivity contribution >= 4 is 22.7 Å². The lowest BCUT2D eigenvalue weighted by molar-refractivity contribution is 0.0929. The number of hydrogen-bond donors (Lipinski definition) is 2. The Labute approximate surface area is 173 Å². The van der Waals surface area contributed by atoms with Crippen molar-refractivity contribution in [3.63, 3.8) is 0 Å². The maximum atomic E-state index is 12.4. The van der Waals surface area contributed by atoms with E-state index in [1.165, 1.54) is 6.33 Å². The minimum atomic E-state index is -0.291. The zero-order chi connectivity index (χ0) is 21.1. The molecule has 4 aromatic rings. The molecule has 0 saturated carbocycles. The van der Waals surface area contributed by atoms with Crippen LogP contribution in [-0.4, -0.2) is 45.9 Å². The van der Waals surface area contributed by atoms with E-state index >= 15 is 0 Å². The molecule has 154 valence electrons. The summed E-state index contributed by atoms with van der Waals surface area (Å²) in [7, 11) is 1.57. The van der Waals surface area contributed by atoms with Gasteiger partial charge in [-0.2, -0.15) is 5.10 Å². The Hall–Kier alpha value is -3.88. The summed E-state index contributed by atoms with van der Waals surface area (Å²) in [4.78, 5) is 20.9. The van der Waals surface area contributed by atoms with Gasteiger partial charge in [0.05, 0.1) is 12.8 Å². The first-order valence-corrected chi connectivity index (χ1v) is 9.49. The van der Waals surface area contributed by atoms with Crippen LogP contribution in [0, 0.1) is 13.8 Å². The molecule has 1 aromatic carbocycles. The van der Waals surface area contributed by atoms with Crippen LogP contribution in [0.1, 0.15) is 21.9 Å². The third kappa shape index (κ3) is 3.95. The first-order valence-electron chi connectivity index (χ1n) is 9.49. The number of aromatic nitrogens is 4. The maximum Gasteiger partial charge on any atom is 0.287 e. The molecule has 30 heavy (non-hydrogen) atoms. The molecule has 3 aromatic heterocycles. The van der Waals surface area contributed by atoms with E-state index in [0.29, 0.717) is 36.1 Å². The van der Waals surface area contributed by atoms with E-state index in [0.717, 1.165) is 16.8 Å². The number of nitrogens with one attached hydrogen (secondary N) is 2. The number of ether oxygens (including phenoxy) is 1. The second kappa shape index (κ2) is 8.24. The molecule has 0 atom stereocenters. The number of carbonyl (C=O) groups excluding carboxylic acids is 1. The number of benzene rings is 1. The maximum absolute atomic E-state index is 12.4. The molecule has 0 bridgehead atoms. The summed E-state index contributed by atoms with van der Waals surface area (Å²) in [6.45, 7) is 4.79. The number of hydrogen-bond acceptors (Lipinski definition) is 7. The number of amides is 1. The average Bonchev–Trinajstić information content (AvgIpc) is 3.33. The molecule has 0 saturated heterocycles. The fourth-order valence-corrected chi connectivity index (χ4v) is 3.18. The summed E-state index contributed by atoms with van der Waals surface area (Å²) in [6.07, 6.45) is 1.48. The van der Waals surface area contributed by atoms with Crippen LogP contribution < -0.4 is 15.4 Å². The van der Waals surface area contributed by atoms with Crippen molar-refractivity contribution in [3.8, 4) is 11.6 Å². The van der Waals surface area contributed by atoms with Gasteiger partial charge in [-0.3, -0.25) is 4.79 Å². The molecule has 1 amide bonds. The van der Waals surface area contributed by atoms with E-state index < -0.39 is 0 Å². The van der Waals surface area contributed by atoms with E-state index in [2.05, 4.69) is 25.7 Å². The van der Waals surface area contributed by atoms with Crippen LogP contribution in [0.3, 0.4) is 0 Å². The van der Waals surface area contributed by atoms with Gasteiger partial charge < -0.3 is 19.8 Å². The Morgan fingerprint density at radius 1 is 1.17 bits per heavy atom. The van der Waals surface area contributed by atoms with Crippen LogP contribution in [0.4, 0.5) is 5.82 Å². The Kier molecular flexibility index (Phi) is 5.34.